The molecule has 0 saturated heterocycles. The van der Waals surface area contributed by atoms with Gasteiger partial charge < -0.3 is 9.15 Å². The van der Waals surface area contributed by atoms with Crippen LogP contribution in [0, 0.1) is 0 Å². The van der Waals surface area contributed by atoms with Crippen LogP contribution in [-0.4, -0.2) is 26.1 Å². The summed E-state index contributed by atoms with van der Waals surface area (Å²) < 4.78 is 10.7. The summed E-state index contributed by atoms with van der Waals surface area (Å²) >= 11 is 1.49. The normalized spacial score (nSPS) is 12.0. The van der Waals surface area contributed by atoms with Crippen LogP contribution in [-0.2, 0) is 4.74 Å². The van der Waals surface area contributed by atoms with Crippen molar-refractivity contribution in [2.75, 3.05) is 0 Å². The van der Waals surface area contributed by atoms with Gasteiger partial charge in [0.2, 0.25) is 0 Å². The molecule has 0 saturated carbocycles. The van der Waals surface area contributed by atoms with Crippen molar-refractivity contribution < 1.29 is 13.9 Å². The number of esters is 1. The molecule has 0 radical (unpaired) electrons. The summed E-state index contributed by atoms with van der Waals surface area (Å²) in [4.78, 5) is 20.4. The van der Waals surface area contributed by atoms with E-state index in [2.05, 4.69) is 20.2 Å². The number of carbonyl (C=O) groups is 1. The number of ether oxygens (including phenoxy) is 1. The number of thiophene rings is 1. The second-order valence-corrected chi connectivity index (χ2v) is 5.01. The number of aromatic nitrogens is 4. The first-order chi connectivity index (χ1) is 10.2. The Kier molecular flexibility index (Phi) is 3.69. The number of nitrogens with zero attached hydrogens (tertiary/aromatic N) is 4. The maximum atomic E-state index is 11.9. The van der Waals surface area contributed by atoms with Gasteiger partial charge >= 0.3 is 5.97 Å². The van der Waals surface area contributed by atoms with Crippen molar-refractivity contribution in [3.63, 3.8) is 0 Å². The topological polar surface area (TPSA) is 91.0 Å². The number of rotatable bonds is 4. The minimum Gasteiger partial charge on any atom is -0.448 e. The summed E-state index contributed by atoms with van der Waals surface area (Å²) in [5.41, 5.74) is 0.127. The molecule has 0 aliphatic heterocycles. The van der Waals surface area contributed by atoms with Gasteiger partial charge in [0.05, 0.1) is 11.1 Å². The van der Waals surface area contributed by atoms with Gasteiger partial charge in [-0.3, -0.25) is 4.98 Å². The minimum absolute atomic E-state index is 0.127. The Morgan fingerprint density at radius 1 is 1.38 bits per heavy atom. The van der Waals surface area contributed by atoms with Crippen LogP contribution in [0.25, 0.3) is 10.8 Å². The van der Waals surface area contributed by atoms with E-state index in [1.807, 2.05) is 17.5 Å². The fourth-order valence-electron chi connectivity index (χ4n) is 1.57. The maximum Gasteiger partial charge on any atom is 0.359 e. The molecule has 3 aromatic rings. The lowest BCUT2D eigenvalue weighted by Crippen LogP contribution is -2.11. The van der Waals surface area contributed by atoms with E-state index in [4.69, 9.17) is 9.15 Å². The van der Waals surface area contributed by atoms with Gasteiger partial charge in [0, 0.05) is 12.4 Å². The maximum absolute atomic E-state index is 11.9. The molecule has 106 valence electrons. The standard InChI is InChI=1S/C13H10N4O3S/c1-8(19-13(18)9-7-14-4-5-15-9)11-16-17-12(20-11)10-3-2-6-21-10/h2-8H,1H3/t8-/m1/s1. The first-order valence-corrected chi connectivity index (χ1v) is 6.96. The van der Waals surface area contributed by atoms with E-state index in [-0.39, 0.29) is 11.6 Å². The van der Waals surface area contributed by atoms with Crippen LogP contribution in [0.2, 0.25) is 0 Å². The zero-order valence-electron chi connectivity index (χ0n) is 11.0. The molecule has 0 bridgehead atoms. The highest BCUT2D eigenvalue weighted by atomic mass is 32.1. The summed E-state index contributed by atoms with van der Waals surface area (Å²) in [6, 6.07) is 3.76. The van der Waals surface area contributed by atoms with Gasteiger partial charge in [0.15, 0.2) is 11.8 Å². The third-order valence-corrected chi connectivity index (χ3v) is 3.43. The smallest absolute Gasteiger partial charge is 0.359 e. The first kappa shape index (κ1) is 13.4. The molecule has 0 amide bonds. The molecular weight excluding hydrogens is 292 g/mol. The molecule has 0 N–H and O–H groups in total. The van der Waals surface area contributed by atoms with Gasteiger partial charge in [0.1, 0.15) is 0 Å². The monoisotopic (exact) mass is 302 g/mol. The molecule has 0 aliphatic rings. The van der Waals surface area contributed by atoms with Gasteiger partial charge in [-0.1, -0.05) is 6.07 Å². The average molecular weight is 302 g/mol. The number of hydrogen-bond donors (Lipinski definition) is 0. The lowest BCUT2D eigenvalue weighted by molar-refractivity contribution is 0.0272. The predicted octanol–water partition coefficient (Wildman–Crippen LogP) is 2.51. The van der Waals surface area contributed by atoms with E-state index in [9.17, 15) is 4.79 Å². The predicted molar refractivity (Wildman–Crippen MR) is 73.5 cm³/mol. The zero-order chi connectivity index (χ0) is 14.7. The van der Waals surface area contributed by atoms with Gasteiger partial charge in [-0.25, -0.2) is 9.78 Å². The molecule has 0 aliphatic carbocycles. The molecule has 3 rings (SSSR count). The van der Waals surface area contributed by atoms with Crippen molar-refractivity contribution in [3.05, 3.63) is 47.7 Å². The molecule has 0 spiro atoms. The fourth-order valence-corrected chi connectivity index (χ4v) is 2.22. The Morgan fingerprint density at radius 3 is 3.00 bits per heavy atom. The van der Waals surface area contributed by atoms with E-state index in [0.29, 0.717) is 5.89 Å². The van der Waals surface area contributed by atoms with Gasteiger partial charge in [-0.15, -0.1) is 21.5 Å². The van der Waals surface area contributed by atoms with Crippen molar-refractivity contribution >= 4 is 17.3 Å². The second kappa shape index (κ2) is 5.80. The summed E-state index contributed by atoms with van der Waals surface area (Å²) in [7, 11) is 0. The highest BCUT2D eigenvalue weighted by Crippen LogP contribution is 2.26. The van der Waals surface area contributed by atoms with Crippen molar-refractivity contribution in [1.82, 2.24) is 20.2 Å². The zero-order valence-corrected chi connectivity index (χ0v) is 11.8. The molecule has 21 heavy (non-hydrogen) atoms. The number of carbonyl (C=O) groups excluding carboxylic acids is 1. The van der Waals surface area contributed by atoms with Crippen LogP contribution < -0.4 is 0 Å². The van der Waals surface area contributed by atoms with Crippen LogP contribution >= 0.6 is 11.3 Å². The van der Waals surface area contributed by atoms with E-state index < -0.39 is 12.1 Å². The molecule has 0 aromatic carbocycles. The summed E-state index contributed by atoms with van der Waals surface area (Å²) in [5.74, 6) is 0.0458. The molecular formula is C13H10N4O3S. The fraction of sp³-hybridized carbons (Fsp3) is 0.154. The van der Waals surface area contributed by atoms with Crippen LogP contribution in [0.15, 0.2) is 40.5 Å². The molecule has 0 unspecified atom stereocenters. The lowest BCUT2D eigenvalue weighted by atomic mass is 10.4. The van der Waals surface area contributed by atoms with E-state index in [1.54, 1.807) is 6.92 Å². The Morgan fingerprint density at radius 2 is 2.29 bits per heavy atom. The number of hydrogen-bond acceptors (Lipinski definition) is 8. The SMILES string of the molecule is C[C@@H](OC(=O)c1cnccn1)c1nnc(-c2cccs2)o1. The third-order valence-electron chi connectivity index (χ3n) is 2.58. The van der Waals surface area contributed by atoms with Crippen molar-refractivity contribution in [2.24, 2.45) is 0 Å². The molecule has 0 fully saturated rings. The largest absolute Gasteiger partial charge is 0.448 e. The Labute approximate surface area is 123 Å². The van der Waals surface area contributed by atoms with Crippen LogP contribution in [0.5, 0.6) is 0 Å². The van der Waals surface area contributed by atoms with Crippen LogP contribution in [0.3, 0.4) is 0 Å². The molecule has 8 heteroatoms. The second-order valence-electron chi connectivity index (χ2n) is 4.06. The minimum atomic E-state index is -0.666. The summed E-state index contributed by atoms with van der Waals surface area (Å²) in [6.07, 6.45) is 3.56. The highest BCUT2D eigenvalue weighted by Gasteiger charge is 2.20. The van der Waals surface area contributed by atoms with E-state index >= 15 is 0 Å². The van der Waals surface area contributed by atoms with Gasteiger partial charge in [-0.05, 0) is 18.4 Å². The molecule has 1 atom stereocenters. The van der Waals surface area contributed by atoms with Crippen LogP contribution in [0.4, 0.5) is 0 Å². The molecule has 3 heterocycles. The highest BCUT2D eigenvalue weighted by molar-refractivity contribution is 7.13. The van der Waals surface area contributed by atoms with Gasteiger partial charge in [0.25, 0.3) is 11.8 Å². The summed E-state index contributed by atoms with van der Waals surface area (Å²) in [5, 5.41) is 9.74. The lowest BCUT2D eigenvalue weighted by Gasteiger charge is -2.08. The summed E-state index contributed by atoms with van der Waals surface area (Å²) in [6.45, 7) is 1.65. The van der Waals surface area contributed by atoms with Gasteiger partial charge in [-0.2, -0.15) is 0 Å². The third kappa shape index (κ3) is 2.95. The Balaban J connectivity index is 1.71. The Hall–Kier alpha value is -2.61. The average Bonchev–Trinajstić information content (AvgIpc) is 3.19. The van der Waals surface area contributed by atoms with Crippen molar-refractivity contribution in [1.29, 1.82) is 0 Å². The van der Waals surface area contributed by atoms with Crippen LogP contribution in [0.1, 0.15) is 29.4 Å². The van der Waals surface area contributed by atoms with Crippen molar-refractivity contribution in [3.8, 4) is 10.8 Å². The molecule has 7 nitrogen and oxygen atoms in total. The molecule has 3 aromatic heterocycles. The Bertz CT molecular complexity index is 727. The quantitative estimate of drug-likeness (QED) is 0.684. The van der Waals surface area contributed by atoms with E-state index in [0.717, 1.165) is 4.88 Å². The van der Waals surface area contributed by atoms with E-state index in [1.165, 1.54) is 29.9 Å². The van der Waals surface area contributed by atoms with Crippen molar-refractivity contribution in [2.45, 2.75) is 13.0 Å². The first-order valence-electron chi connectivity index (χ1n) is 6.08.